The van der Waals surface area contributed by atoms with Crippen molar-refractivity contribution in [2.75, 3.05) is 20.1 Å². The van der Waals surface area contributed by atoms with E-state index in [1.54, 1.807) is 11.1 Å². The number of benzene rings is 1. The van der Waals surface area contributed by atoms with Gasteiger partial charge in [-0.3, -0.25) is 4.79 Å². The summed E-state index contributed by atoms with van der Waals surface area (Å²) in [5.41, 5.74) is 1.91. The summed E-state index contributed by atoms with van der Waals surface area (Å²) in [6.45, 7) is 11.1. The molecule has 0 saturated carbocycles. The second kappa shape index (κ2) is 11.2. The number of oxazole rings is 1. The van der Waals surface area contributed by atoms with E-state index >= 15 is 0 Å². The molecule has 1 heterocycles. The maximum Gasteiger partial charge on any atom is 0.240 e. The van der Waals surface area contributed by atoms with Gasteiger partial charge in [0.25, 0.3) is 0 Å². The van der Waals surface area contributed by atoms with Crippen LogP contribution in [0.15, 0.2) is 39.9 Å². The summed E-state index contributed by atoms with van der Waals surface area (Å²) in [6, 6.07) is 8.09. The average Bonchev–Trinajstić information content (AvgIpc) is 3.06. The molecule has 2 aromatic rings. The fraction of sp³-hybridized carbons (Fsp3) is 0.476. The zero-order valence-corrected chi connectivity index (χ0v) is 20.4. The van der Waals surface area contributed by atoms with Crippen LogP contribution >= 0.6 is 24.0 Å². The van der Waals surface area contributed by atoms with Crippen LogP contribution in [-0.2, 0) is 11.3 Å². The van der Waals surface area contributed by atoms with Crippen LogP contribution in [0.4, 0.5) is 0 Å². The highest BCUT2D eigenvalue weighted by Gasteiger charge is 2.17. The number of aryl methyl sites for hydroxylation is 1. The van der Waals surface area contributed by atoms with Crippen molar-refractivity contribution in [2.45, 2.75) is 46.7 Å². The van der Waals surface area contributed by atoms with Crippen molar-refractivity contribution in [1.29, 1.82) is 0 Å². The van der Waals surface area contributed by atoms with Crippen molar-refractivity contribution in [1.82, 2.24) is 20.5 Å². The van der Waals surface area contributed by atoms with E-state index in [0.29, 0.717) is 30.7 Å². The number of aromatic nitrogens is 1. The van der Waals surface area contributed by atoms with Crippen molar-refractivity contribution in [3.05, 3.63) is 41.9 Å². The molecule has 29 heavy (non-hydrogen) atoms. The summed E-state index contributed by atoms with van der Waals surface area (Å²) in [5.74, 6) is 1.81. The second-order valence-corrected chi connectivity index (χ2v) is 7.81. The first-order valence-corrected chi connectivity index (χ1v) is 9.50. The van der Waals surface area contributed by atoms with Gasteiger partial charge in [-0.05, 0) is 34.6 Å². The highest BCUT2D eigenvalue weighted by Crippen LogP contribution is 2.21. The van der Waals surface area contributed by atoms with Gasteiger partial charge in [0.05, 0.1) is 12.7 Å². The van der Waals surface area contributed by atoms with Crippen LogP contribution in [-0.4, -0.2) is 47.4 Å². The zero-order valence-electron chi connectivity index (χ0n) is 18.1. The molecule has 0 spiro atoms. The summed E-state index contributed by atoms with van der Waals surface area (Å²) >= 11 is 0. The number of carbonyl (C=O) groups excluding carboxylic acids is 1. The van der Waals surface area contributed by atoms with Crippen LogP contribution in [0.2, 0.25) is 0 Å². The van der Waals surface area contributed by atoms with E-state index in [0.717, 1.165) is 5.56 Å². The van der Waals surface area contributed by atoms with Gasteiger partial charge in [0.1, 0.15) is 6.54 Å². The van der Waals surface area contributed by atoms with Crippen molar-refractivity contribution in [3.8, 4) is 11.3 Å². The Kier molecular flexibility index (Phi) is 9.61. The molecule has 0 bridgehead atoms. The van der Waals surface area contributed by atoms with E-state index in [1.807, 2.05) is 65.9 Å². The fourth-order valence-electron chi connectivity index (χ4n) is 2.59. The molecular weight excluding hydrogens is 481 g/mol. The van der Waals surface area contributed by atoms with Crippen LogP contribution < -0.4 is 10.6 Å². The highest BCUT2D eigenvalue weighted by atomic mass is 127. The summed E-state index contributed by atoms with van der Waals surface area (Å²) in [4.78, 5) is 22.8. The van der Waals surface area contributed by atoms with Gasteiger partial charge in [-0.1, -0.05) is 29.8 Å². The molecule has 1 amide bonds. The van der Waals surface area contributed by atoms with Gasteiger partial charge in [-0.2, -0.15) is 0 Å². The Morgan fingerprint density at radius 3 is 2.48 bits per heavy atom. The molecule has 1 aromatic carbocycles. The number of hydrogen-bond donors (Lipinski definition) is 2. The van der Waals surface area contributed by atoms with Gasteiger partial charge < -0.3 is 20.0 Å². The van der Waals surface area contributed by atoms with Gasteiger partial charge in [0, 0.05) is 24.7 Å². The number of carbonyl (C=O) groups is 1. The Labute approximate surface area is 190 Å². The second-order valence-electron chi connectivity index (χ2n) is 7.81. The van der Waals surface area contributed by atoms with Gasteiger partial charge in [0.2, 0.25) is 11.8 Å². The van der Waals surface area contributed by atoms with Gasteiger partial charge in [-0.15, -0.1) is 24.0 Å². The first-order chi connectivity index (χ1) is 13.2. The molecule has 0 aliphatic heterocycles. The number of hydrogen-bond acceptors (Lipinski definition) is 4. The number of guanidine groups is 1. The van der Waals surface area contributed by atoms with Gasteiger partial charge in [0.15, 0.2) is 11.7 Å². The molecule has 0 radical (unpaired) electrons. The monoisotopic (exact) mass is 513 g/mol. The lowest BCUT2D eigenvalue weighted by Gasteiger charge is -2.25. The quantitative estimate of drug-likeness (QED) is 0.351. The fourth-order valence-corrected chi connectivity index (χ4v) is 2.59. The molecule has 0 unspecified atom stereocenters. The van der Waals surface area contributed by atoms with E-state index < -0.39 is 0 Å². The SMILES string of the molecule is CCNC(=NCc1ncc(-c2ccc(C)cc2)o1)N(C)CC(=O)NC(C)(C)C.I. The molecular formula is C21H32IN5O2. The third kappa shape index (κ3) is 8.43. The van der Waals surface area contributed by atoms with E-state index in [9.17, 15) is 4.79 Å². The van der Waals surface area contributed by atoms with Crippen LogP contribution in [0.25, 0.3) is 11.3 Å². The van der Waals surface area contributed by atoms with Crippen LogP contribution in [0.5, 0.6) is 0 Å². The normalized spacial score (nSPS) is 11.6. The smallest absolute Gasteiger partial charge is 0.240 e. The molecule has 0 atom stereocenters. The number of aliphatic imine (C=N–C) groups is 1. The van der Waals surface area contributed by atoms with Crippen molar-refractivity contribution < 1.29 is 9.21 Å². The zero-order chi connectivity index (χ0) is 20.7. The largest absolute Gasteiger partial charge is 0.439 e. The van der Waals surface area contributed by atoms with Crippen molar-refractivity contribution >= 4 is 35.8 Å². The summed E-state index contributed by atoms with van der Waals surface area (Å²) in [5, 5.41) is 6.14. The predicted molar refractivity (Wildman–Crippen MR) is 127 cm³/mol. The first kappa shape index (κ1) is 24.9. The molecule has 7 nitrogen and oxygen atoms in total. The van der Waals surface area contributed by atoms with E-state index in [4.69, 9.17) is 4.42 Å². The number of amides is 1. The lowest BCUT2D eigenvalue weighted by Crippen LogP contribution is -2.48. The Balaban J connectivity index is 0.00000420. The number of halogens is 1. The average molecular weight is 513 g/mol. The Hall–Kier alpha value is -2.10. The number of likely N-dealkylation sites (N-methyl/N-ethyl adjacent to an activating group) is 1. The molecule has 0 aliphatic carbocycles. The van der Waals surface area contributed by atoms with Crippen LogP contribution in [0.1, 0.15) is 39.1 Å². The molecule has 1 aromatic heterocycles. The van der Waals surface area contributed by atoms with Crippen LogP contribution in [0, 0.1) is 6.92 Å². The highest BCUT2D eigenvalue weighted by molar-refractivity contribution is 14.0. The Morgan fingerprint density at radius 2 is 1.90 bits per heavy atom. The van der Waals surface area contributed by atoms with E-state index in [-0.39, 0.29) is 42.0 Å². The number of nitrogens with zero attached hydrogens (tertiary/aromatic N) is 3. The maximum absolute atomic E-state index is 12.2. The topological polar surface area (TPSA) is 82.8 Å². The maximum atomic E-state index is 12.2. The summed E-state index contributed by atoms with van der Waals surface area (Å²) in [6.07, 6.45) is 1.71. The third-order valence-corrected chi connectivity index (χ3v) is 3.85. The van der Waals surface area contributed by atoms with Gasteiger partial charge >= 0.3 is 0 Å². The standard InChI is InChI=1S/C21H31N5O2.HI/c1-7-22-20(26(6)14-18(27)25-21(3,4)5)24-13-19-23-12-17(28-19)16-10-8-15(2)9-11-16;/h8-12H,7,13-14H2,1-6H3,(H,22,24)(H,25,27);1H. The minimum absolute atomic E-state index is 0. The predicted octanol–water partition coefficient (Wildman–Crippen LogP) is 3.58. The van der Waals surface area contributed by atoms with Crippen LogP contribution in [0.3, 0.4) is 0 Å². The summed E-state index contributed by atoms with van der Waals surface area (Å²) in [7, 11) is 1.83. The molecule has 8 heteroatoms. The molecule has 0 aliphatic rings. The Morgan fingerprint density at radius 1 is 1.24 bits per heavy atom. The summed E-state index contributed by atoms with van der Waals surface area (Å²) < 4.78 is 5.82. The molecule has 0 fully saturated rings. The lowest BCUT2D eigenvalue weighted by atomic mass is 10.1. The first-order valence-electron chi connectivity index (χ1n) is 9.50. The number of nitrogens with one attached hydrogen (secondary N) is 2. The minimum atomic E-state index is -0.266. The van der Waals surface area contributed by atoms with Crippen molar-refractivity contribution in [2.24, 2.45) is 4.99 Å². The minimum Gasteiger partial charge on any atom is -0.439 e. The molecule has 2 rings (SSSR count). The third-order valence-electron chi connectivity index (χ3n) is 3.85. The van der Waals surface area contributed by atoms with E-state index in [2.05, 4.69) is 20.6 Å². The van der Waals surface area contributed by atoms with Crippen molar-refractivity contribution in [3.63, 3.8) is 0 Å². The lowest BCUT2D eigenvalue weighted by molar-refractivity contribution is -0.122. The molecule has 160 valence electrons. The van der Waals surface area contributed by atoms with Gasteiger partial charge in [-0.25, -0.2) is 9.98 Å². The molecule has 2 N–H and O–H groups in total. The number of rotatable bonds is 6. The van der Waals surface area contributed by atoms with E-state index in [1.165, 1.54) is 5.56 Å². The molecule has 0 saturated heterocycles. The Bertz CT molecular complexity index is 809.